The molecular weight excluding hydrogens is 292 g/mol. The number of oxazole rings is 1. The van der Waals surface area contributed by atoms with Gasteiger partial charge in [-0.3, -0.25) is 4.79 Å². The zero-order chi connectivity index (χ0) is 14.7. The SMILES string of the molecule is O=C(CSc1nc2ccccc2o1)N1CCOC(CO)C1. The zero-order valence-electron chi connectivity index (χ0n) is 11.4. The molecule has 2 aromatic rings. The van der Waals surface area contributed by atoms with E-state index >= 15 is 0 Å². The number of hydrogen-bond donors (Lipinski definition) is 1. The molecule has 0 saturated carbocycles. The van der Waals surface area contributed by atoms with Gasteiger partial charge in [0.15, 0.2) is 5.58 Å². The molecule has 1 saturated heterocycles. The number of hydrogen-bond acceptors (Lipinski definition) is 6. The van der Waals surface area contributed by atoms with Gasteiger partial charge in [-0.15, -0.1) is 0 Å². The standard InChI is InChI=1S/C14H16N2O4S/c17-8-10-7-16(5-6-19-10)13(18)9-21-14-15-11-3-1-2-4-12(11)20-14/h1-4,10,17H,5-9H2. The normalized spacial score (nSPS) is 19.1. The molecule has 0 aliphatic carbocycles. The molecule has 2 heterocycles. The van der Waals surface area contributed by atoms with Crippen molar-refractivity contribution >= 4 is 28.8 Å². The minimum Gasteiger partial charge on any atom is -0.431 e. The van der Waals surface area contributed by atoms with Crippen molar-refractivity contribution in [3.63, 3.8) is 0 Å². The number of benzene rings is 1. The smallest absolute Gasteiger partial charge is 0.257 e. The first kappa shape index (κ1) is 14.4. The Morgan fingerprint density at radius 1 is 1.48 bits per heavy atom. The van der Waals surface area contributed by atoms with Crippen LogP contribution in [-0.2, 0) is 9.53 Å². The van der Waals surface area contributed by atoms with Crippen molar-refractivity contribution in [2.75, 3.05) is 32.1 Å². The molecule has 1 amide bonds. The summed E-state index contributed by atoms with van der Waals surface area (Å²) in [4.78, 5) is 18.2. The summed E-state index contributed by atoms with van der Waals surface area (Å²) in [6, 6.07) is 7.50. The van der Waals surface area contributed by atoms with Crippen LogP contribution in [0.1, 0.15) is 0 Å². The first-order valence-electron chi connectivity index (χ1n) is 6.75. The molecule has 1 unspecified atom stereocenters. The summed E-state index contributed by atoms with van der Waals surface area (Å²) in [7, 11) is 0. The van der Waals surface area contributed by atoms with E-state index in [1.165, 1.54) is 11.8 Å². The second kappa shape index (κ2) is 6.46. The van der Waals surface area contributed by atoms with Crippen molar-refractivity contribution in [1.29, 1.82) is 0 Å². The first-order chi connectivity index (χ1) is 10.3. The van der Waals surface area contributed by atoms with Gasteiger partial charge in [-0.2, -0.15) is 0 Å². The number of ether oxygens (including phenoxy) is 1. The van der Waals surface area contributed by atoms with Crippen molar-refractivity contribution < 1.29 is 19.1 Å². The molecule has 1 aliphatic heterocycles. The molecule has 3 rings (SSSR count). The van der Waals surface area contributed by atoms with Crippen molar-refractivity contribution in [1.82, 2.24) is 9.88 Å². The van der Waals surface area contributed by atoms with Gasteiger partial charge in [0.25, 0.3) is 5.22 Å². The van der Waals surface area contributed by atoms with Crippen LogP contribution in [0.5, 0.6) is 0 Å². The predicted octanol–water partition coefficient (Wildman–Crippen LogP) is 1.14. The number of nitrogens with zero attached hydrogens (tertiary/aromatic N) is 2. The molecule has 6 nitrogen and oxygen atoms in total. The maximum absolute atomic E-state index is 12.1. The van der Waals surface area contributed by atoms with E-state index in [-0.39, 0.29) is 24.4 Å². The molecule has 1 N–H and O–H groups in total. The van der Waals surface area contributed by atoms with Gasteiger partial charge in [0.1, 0.15) is 5.52 Å². The van der Waals surface area contributed by atoms with Gasteiger partial charge in [0.2, 0.25) is 5.91 Å². The van der Waals surface area contributed by atoms with Crippen LogP contribution in [0.25, 0.3) is 11.1 Å². The van der Waals surface area contributed by atoms with Crippen LogP contribution in [0, 0.1) is 0 Å². The molecule has 21 heavy (non-hydrogen) atoms. The Morgan fingerprint density at radius 2 is 2.33 bits per heavy atom. The van der Waals surface area contributed by atoms with Crippen molar-refractivity contribution in [3.05, 3.63) is 24.3 Å². The number of morpholine rings is 1. The average molecular weight is 308 g/mol. The summed E-state index contributed by atoms with van der Waals surface area (Å²) >= 11 is 1.28. The molecule has 1 atom stereocenters. The number of para-hydroxylation sites is 2. The van der Waals surface area contributed by atoms with E-state index in [2.05, 4.69) is 4.98 Å². The second-order valence-corrected chi connectivity index (χ2v) is 5.68. The van der Waals surface area contributed by atoms with Crippen LogP contribution in [0.4, 0.5) is 0 Å². The Morgan fingerprint density at radius 3 is 3.14 bits per heavy atom. The van der Waals surface area contributed by atoms with Crippen LogP contribution in [0.3, 0.4) is 0 Å². The van der Waals surface area contributed by atoms with Crippen molar-refractivity contribution in [2.45, 2.75) is 11.3 Å². The molecule has 1 aromatic heterocycles. The number of rotatable bonds is 4. The number of aliphatic hydroxyl groups excluding tert-OH is 1. The highest BCUT2D eigenvalue weighted by Gasteiger charge is 2.24. The van der Waals surface area contributed by atoms with Crippen LogP contribution in [0.2, 0.25) is 0 Å². The van der Waals surface area contributed by atoms with Gasteiger partial charge in [0, 0.05) is 13.1 Å². The minimum atomic E-state index is -0.281. The van der Waals surface area contributed by atoms with Gasteiger partial charge in [0.05, 0.1) is 25.1 Å². The molecule has 1 fully saturated rings. The average Bonchev–Trinajstić information content (AvgIpc) is 2.95. The maximum atomic E-state index is 12.1. The Kier molecular flexibility index (Phi) is 4.42. The molecule has 0 bridgehead atoms. The Balaban J connectivity index is 1.57. The summed E-state index contributed by atoms with van der Waals surface area (Å²) in [6.45, 7) is 1.39. The molecular formula is C14H16N2O4S. The molecule has 0 radical (unpaired) electrons. The van der Waals surface area contributed by atoms with Gasteiger partial charge in [-0.05, 0) is 12.1 Å². The van der Waals surface area contributed by atoms with E-state index in [0.29, 0.717) is 24.9 Å². The largest absolute Gasteiger partial charge is 0.431 e. The number of carbonyl (C=O) groups is 1. The lowest BCUT2D eigenvalue weighted by Gasteiger charge is -2.31. The first-order valence-corrected chi connectivity index (χ1v) is 7.73. The summed E-state index contributed by atoms with van der Waals surface area (Å²) in [5, 5.41) is 9.58. The maximum Gasteiger partial charge on any atom is 0.257 e. The fourth-order valence-corrected chi connectivity index (χ4v) is 2.93. The molecule has 0 spiro atoms. The Labute approximate surface area is 126 Å². The highest BCUT2D eigenvalue weighted by molar-refractivity contribution is 7.99. The number of carbonyl (C=O) groups excluding carboxylic acids is 1. The third kappa shape index (κ3) is 3.37. The summed E-state index contributed by atoms with van der Waals surface area (Å²) < 4.78 is 10.9. The van der Waals surface area contributed by atoms with E-state index in [0.717, 1.165) is 11.1 Å². The van der Waals surface area contributed by atoms with E-state index in [4.69, 9.17) is 14.3 Å². The Hall–Kier alpha value is -1.57. The van der Waals surface area contributed by atoms with E-state index in [9.17, 15) is 4.79 Å². The van der Waals surface area contributed by atoms with Crippen LogP contribution < -0.4 is 0 Å². The van der Waals surface area contributed by atoms with Crippen LogP contribution in [-0.4, -0.2) is 59.1 Å². The number of fused-ring (bicyclic) bond motifs is 1. The number of aromatic nitrogens is 1. The fraction of sp³-hybridized carbons (Fsp3) is 0.429. The molecule has 112 valence electrons. The highest BCUT2D eigenvalue weighted by Crippen LogP contribution is 2.23. The molecule has 7 heteroatoms. The number of aliphatic hydroxyl groups is 1. The summed E-state index contributed by atoms with van der Waals surface area (Å²) in [5.74, 6) is 0.273. The third-order valence-electron chi connectivity index (χ3n) is 3.29. The van der Waals surface area contributed by atoms with Gasteiger partial charge in [-0.25, -0.2) is 4.98 Å². The summed E-state index contributed by atoms with van der Waals surface area (Å²) in [5.41, 5.74) is 1.51. The molecule has 1 aromatic carbocycles. The Bertz CT molecular complexity index is 597. The lowest BCUT2D eigenvalue weighted by atomic mass is 10.3. The van der Waals surface area contributed by atoms with Crippen molar-refractivity contribution in [2.24, 2.45) is 0 Å². The van der Waals surface area contributed by atoms with Gasteiger partial charge < -0.3 is 19.2 Å². The third-order valence-corrected chi connectivity index (χ3v) is 4.10. The van der Waals surface area contributed by atoms with Gasteiger partial charge >= 0.3 is 0 Å². The number of thioether (sulfide) groups is 1. The minimum absolute atomic E-state index is 0.00371. The second-order valence-electron chi connectivity index (χ2n) is 4.75. The van der Waals surface area contributed by atoms with Crippen molar-refractivity contribution in [3.8, 4) is 0 Å². The number of amides is 1. The quantitative estimate of drug-likeness (QED) is 0.854. The lowest BCUT2D eigenvalue weighted by Crippen LogP contribution is -2.47. The summed E-state index contributed by atoms with van der Waals surface area (Å²) in [6.07, 6.45) is -0.281. The monoisotopic (exact) mass is 308 g/mol. The predicted molar refractivity (Wildman–Crippen MR) is 78.1 cm³/mol. The van der Waals surface area contributed by atoms with Crippen LogP contribution in [0.15, 0.2) is 33.9 Å². The van der Waals surface area contributed by atoms with E-state index in [1.807, 2.05) is 24.3 Å². The van der Waals surface area contributed by atoms with Crippen LogP contribution >= 0.6 is 11.8 Å². The molecule has 1 aliphatic rings. The van der Waals surface area contributed by atoms with E-state index < -0.39 is 0 Å². The van der Waals surface area contributed by atoms with Gasteiger partial charge in [-0.1, -0.05) is 23.9 Å². The van der Waals surface area contributed by atoms with E-state index in [1.54, 1.807) is 4.90 Å². The zero-order valence-corrected chi connectivity index (χ0v) is 12.2. The fourth-order valence-electron chi connectivity index (χ4n) is 2.18. The topological polar surface area (TPSA) is 75.8 Å². The highest BCUT2D eigenvalue weighted by atomic mass is 32.2. The lowest BCUT2D eigenvalue weighted by molar-refractivity contribution is -0.137.